The van der Waals surface area contributed by atoms with Gasteiger partial charge in [0.15, 0.2) is 0 Å². The van der Waals surface area contributed by atoms with Gasteiger partial charge < -0.3 is 10.4 Å². The third-order valence-electron chi connectivity index (χ3n) is 3.89. The average Bonchev–Trinajstić information content (AvgIpc) is 2.53. The Morgan fingerprint density at radius 1 is 1.14 bits per heavy atom. The molecule has 0 heterocycles. The maximum atomic E-state index is 12.0. The van der Waals surface area contributed by atoms with Crippen LogP contribution >= 0.6 is 11.8 Å². The van der Waals surface area contributed by atoms with Crippen molar-refractivity contribution in [2.75, 3.05) is 18.1 Å². The number of rotatable bonds is 7. The predicted octanol–water partition coefficient (Wildman–Crippen LogP) is 3.62. The smallest absolute Gasteiger partial charge is 0.313 e. The van der Waals surface area contributed by atoms with Crippen LogP contribution in [0.1, 0.15) is 57.8 Å². The molecule has 0 spiro atoms. The van der Waals surface area contributed by atoms with Crippen LogP contribution in [0.15, 0.2) is 12.2 Å². The highest BCUT2D eigenvalue weighted by Gasteiger charge is 2.12. The zero-order valence-corrected chi connectivity index (χ0v) is 14.2. The molecule has 0 aromatic heterocycles. The standard InChI is InChI=1S/C17H29NO3S/c19-16(18-11-12-22-14-17(20)21)13-15-9-7-5-3-1-2-4-6-8-10-15/h5,7,15H,1-4,6,8-14H2,(H,18,19)(H,20,21)/b7-5-. The van der Waals surface area contributed by atoms with Gasteiger partial charge in [0.2, 0.25) is 5.91 Å². The van der Waals surface area contributed by atoms with E-state index >= 15 is 0 Å². The van der Waals surface area contributed by atoms with Gasteiger partial charge in [0.25, 0.3) is 0 Å². The largest absolute Gasteiger partial charge is 0.481 e. The molecule has 2 N–H and O–H groups in total. The van der Waals surface area contributed by atoms with Crippen LogP contribution in [0, 0.1) is 5.92 Å². The van der Waals surface area contributed by atoms with Gasteiger partial charge in [0, 0.05) is 18.7 Å². The number of thioether (sulfide) groups is 1. The van der Waals surface area contributed by atoms with Gasteiger partial charge in [-0.15, -0.1) is 11.8 Å². The third-order valence-corrected chi connectivity index (χ3v) is 4.83. The van der Waals surface area contributed by atoms with Crippen LogP contribution in [-0.2, 0) is 9.59 Å². The van der Waals surface area contributed by atoms with Gasteiger partial charge >= 0.3 is 5.97 Å². The fraction of sp³-hybridized carbons (Fsp3) is 0.765. The summed E-state index contributed by atoms with van der Waals surface area (Å²) >= 11 is 1.34. The van der Waals surface area contributed by atoms with Gasteiger partial charge in [-0.3, -0.25) is 9.59 Å². The maximum Gasteiger partial charge on any atom is 0.313 e. The molecule has 1 atom stereocenters. The second-order valence-corrected chi connectivity index (χ2v) is 7.02. The van der Waals surface area contributed by atoms with E-state index < -0.39 is 5.97 Å². The summed E-state index contributed by atoms with van der Waals surface area (Å²) in [5, 5.41) is 11.4. The summed E-state index contributed by atoms with van der Waals surface area (Å²) < 4.78 is 0. The molecule has 0 bridgehead atoms. The average molecular weight is 327 g/mol. The van der Waals surface area contributed by atoms with Crippen LogP contribution in [0.4, 0.5) is 0 Å². The first-order chi connectivity index (χ1) is 10.7. The van der Waals surface area contributed by atoms with Crippen LogP contribution in [0.3, 0.4) is 0 Å². The van der Waals surface area contributed by atoms with E-state index in [1.165, 1.54) is 50.3 Å². The van der Waals surface area contributed by atoms with Crippen molar-refractivity contribution >= 4 is 23.6 Å². The van der Waals surface area contributed by atoms with Crippen LogP contribution in [0.25, 0.3) is 0 Å². The van der Waals surface area contributed by atoms with Crippen LogP contribution in [0.5, 0.6) is 0 Å². The first-order valence-corrected chi connectivity index (χ1v) is 9.55. The number of hydrogen-bond acceptors (Lipinski definition) is 3. The Hall–Kier alpha value is -0.970. The Labute approximate surface area is 138 Å². The van der Waals surface area contributed by atoms with E-state index in [4.69, 9.17) is 5.11 Å². The summed E-state index contributed by atoms with van der Waals surface area (Å²) in [5.74, 6) is 0.497. The molecular formula is C17H29NO3S. The Bertz CT molecular complexity index is 358. The summed E-state index contributed by atoms with van der Waals surface area (Å²) in [7, 11) is 0. The van der Waals surface area contributed by atoms with Crippen molar-refractivity contribution in [3.63, 3.8) is 0 Å². The molecule has 0 saturated heterocycles. The first-order valence-electron chi connectivity index (χ1n) is 8.39. The zero-order chi connectivity index (χ0) is 16.0. The number of carboxylic acid groups (broad SMARTS) is 1. The highest BCUT2D eigenvalue weighted by atomic mass is 32.2. The first kappa shape index (κ1) is 19.1. The summed E-state index contributed by atoms with van der Waals surface area (Å²) in [5.41, 5.74) is 0. The predicted molar refractivity (Wildman–Crippen MR) is 92.2 cm³/mol. The number of allylic oxidation sites excluding steroid dienone is 2. The lowest BCUT2D eigenvalue weighted by atomic mass is 9.94. The lowest BCUT2D eigenvalue weighted by molar-refractivity contribution is -0.133. The van der Waals surface area contributed by atoms with Crippen LogP contribution < -0.4 is 5.32 Å². The number of carbonyl (C=O) groups excluding carboxylic acids is 1. The Kier molecular flexibility index (Phi) is 10.9. The van der Waals surface area contributed by atoms with Gasteiger partial charge in [0.05, 0.1) is 5.75 Å². The van der Waals surface area contributed by atoms with Gasteiger partial charge in [-0.25, -0.2) is 0 Å². The molecule has 4 nitrogen and oxygen atoms in total. The molecule has 0 radical (unpaired) electrons. The molecule has 22 heavy (non-hydrogen) atoms. The van der Waals surface area contributed by atoms with Crippen molar-refractivity contribution in [3.8, 4) is 0 Å². The number of nitrogens with one attached hydrogen (secondary N) is 1. The van der Waals surface area contributed by atoms with E-state index in [0.717, 1.165) is 12.8 Å². The van der Waals surface area contributed by atoms with Gasteiger partial charge in [-0.2, -0.15) is 0 Å². The molecule has 5 heteroatoms. The highest BCUT2D eigenvalue weighted by molar-refractivity contribution is 7.99. The zero-order valence-electron chi connectivity index (χ0n) is 13.4. The topological polar surface area (TPSA) is 66.4 Å². The minimum atomic E-state index is -0.805. The summed E-state index contributed by atoms with van der Waals surface area (Å²) in [6, 6.07) is 0. The van der Waals surface area contributed by atoms with Crippen LogP contribution in [0.2, 0.25) is 0 Å². The number of aliphatic carboxylic acids is 1. The molecular weight excluding hydrogens is 298 g/mol. The molecule has 1 aliphatic rings. The minimum absolute atomic E-state index is 0.100. The molecule has 0 fully saturated rings. The lowest BCUT2D eigenvalue weighted by Crippen LogP contribution is -2.27. The van der Waals surface area contributed by atoms with Crippen molar-refractivity contribution < 1.29 is 14.7 Å². The van der Waals surface area contributed by atoms with E-state index in [2.05, 4.69) is 17.5 Å². The SMILES string of the molecule is O=C(O)CSCCNC(=O)CC1C/C=C\CCCCCCC1. The number of carbonyl (C=O) groups is 2. The van der Waals surface area contributed by atoms with E-state index in [1.54, 1.807) is 0 Å². The van der Waals surface area contributed by atoms with Crippen molar-refractivity contribution in [2.24, 2.45) is 5.92 Å². The lowest BCUT2D eigenvalue weighted by Gasteiger charge is -2.14. The van der Waals surface area contributed by atoms with E-state index in [1.807, 2.05) is 0 Å². The maximum absolute atomic E-state index is 12.0. The third kappa shape index (κ3) is 10.7. The fourth-order valence-electron chi connectivity index (χ4n) is 2.69. The number of hydrogen-bond donors (Lipinski definition) is 2. The fourth-order valence-corrected chi connectivity index (χ4v) is 3.26. The van der Waals surface area contributed by atoms with Crippen molar-refractivity contribution in [2.45, 2.75) is 57.8 Å². The molecule has 1 rings (SSSR count). The number of carboxylic acids is 1. The van der Waals surface area contributed by atoms with Gasteiger partial charge in [-0.05, 0) is 31.6 Å². The van der Waals surface area contributed by atoms with Crippen molar-refractivity contribution in [3.05, 3.63) is 12.2 Å². The molecule has 126 valence electrons. The normalized spacial score (nSPS) is 21.5. The number of amides is 1. The second kappa shape index (κ2) is 12.6. The molecule has 0 aliphatic heterocycles. The summed E-state index contributed by atoms with van der Waals surface area (Å²) in [4.78, 5) is 22.3. The van der Waals surface area contributed by atoms with Crippen molar-refractivity contribution in [1.29, 1.82) is 0 Å². The molecule has 1 amide bonds. The minimum Gasteiger partial charge on any atom is -0.481 e. The Morgan fingerprint density at radius 3 is 2.73 bits per heavy atom. The summed E-state index contributed by atoms with van der Waals surface area (Å²) in [6.07, 6.45) is 14.8. The highest BCUT2D eigenvalue weighted by Crippen LogP contribution is 2.20. The molecule has 1 unspecified atom stereocenters. The Morgan fingerprint density at radius 2 is 1.91 bits per heavy atom. The monoisotopic (exact) mass is 327 g/mol. The molecule has 0 saturated carbocycles. The van der Waals surface area contributed by atoms with E-state index in [9.17, 15) is 9.59 Å². The molecule has 0 aromatic carbocycles. The van der Waals surface area contributed by atoms with E-state index in [0.29, 0.717) is 24.6 Å². The Balaban J connectivity index is 2.21. The summed E-state index contributed by atoms with van der Waals surface area (Å²) in [6.45, 7) is 0.555. The quantitative estimate of drug-likeness (QED) is 0.554. The van der Waals surface area contributed by atoms with Gasteiger partial charge in [-0.1, -0.05) is 37.8 Å². The van der Waals surface area contributed by atoms with Gasteiger partial charge in [0.1, 0.15) is 0 Å². The molecule has 0 aromatic rings. The molecule has 1 aliphatic carbocycles. The van der Waals surface area contributed by atoms with Crippen molar-refractivity contribution in [1.82, 2.24) is 5.32 Å². The van der Waals surface area contributed by atoms with Crippen LogP contribution in [-0.4, -0.2) is 35.0 Å². The van der Waals surface area contributed by atoms with E-state index in [-0.39, 0.29) is 11.7 Å². The second-order valence-electron chi connectivity index (χ2n) is 5.92.